The standard InChI is InChI=1S/C22H17BrN6O3/c23-16-7-2-1-6-15(16)20-24-17(32-26-20)11-28-19-18(25-27-28)21(30)29(22(19)31)14-9-8-12-4-3-5-13(12)10-14/h1-2,6-10,18-19H,3-5,11H2. The number of imide groups is 1. The van der Waals surface area contributed by atoms with Gasteiger partial charge in [-0.1, -0.05) is 44.5 Å². The Labute approximate surface area is 191 Å². The van der Waals surface area contributed by atoms with Crippen molar-refractivity contribution in [3.63, 3.8) is 0 Å². The summed E-state index contributed by atoms with van der Waals surface area (Å²) in [6.07, 6.45) is 3.10. The van der Waals surface area contributed by atoms with Gasteiger partial charge in [-0.05, 0) is 54.7 Å². The molecule has 0 bridgehead atoms. The average Bonchev–Trinajstić information content (AvgIpc) is 3.56. The number of anilines is 1. The molecule has 9 nitrogen and oxygen atoms in total. The van der Waals surface area contributed by atoms with Crippen molar-refractivity contribution in [2.24, 2.45) is 10.3 Å². The Bertz CT molecular complexity index is 1290. The van der Waals surface area contributed by atoms with E-state index in [1.807, 2.05) is 42.5 Å². The van der Waals surface area contributed by atoms with Crippen molar-refractivity contribution in [1.29, 1.82) is 0 Å². The fraction of sp³-hybridized carbons (Fsp3) is 0.273. The molecule has 3 aromatic rings. The molecule has 2 unspecified atom stereocenters. The second-order valence-electron chi connectivity index (χ2n) is 8.00. The molecule has 0 N–H and O–H groups in total. The summed E-state index contributed by atoms with van der Waals surface area (Å²) < 4.78 is 6.22. The monoisotopic (exact) mass is 492 g/mol. The normalized spacial score (nSPS) is 21.5. The summed E-state index contributed by atoms with van der Waals surface area (Å²) in [6.45, 7) is 0.0825. The first-order valence-corrected chi connectivity index (χ1v) is 11.1. The van der Waals surface area contributed by atoms with Gasteiger partial charge in [0.1, 0.15) is 6.54 Å². The Morgan fingerprint density at radius 2 is 1.91 bits per heavy atom. The number of fused-ring (bicyclic) bond motifs is 2. The maximum Gasteiger partial charge on any atom is 0.263 e. The lowest BCUT2D eigenvalue weighted by Gasteiger charge is -2.19. The summed E-state index contributed by atoms with van der Waals surface area (Å²) in [7, 11) is 0. The molecule has 2 amide bonds. The van der Waals surface area contributed by atoms with Gasteiger partial charge < -0.3 is 4.52 Å². The molecule has 2 atom stereocenters. The zero-order chi connectivity index (χ0) is 21.8. The van der Waals surface area contributed by atoms with Gasteiger partial charge in [0.15, 0.2) is 12.1 Å². The number of halogens is 1. The van der Waals surface area contributed by atoms with Crippen molar-refractivity contribution in [3.05, 3.63) is 64.0 Å². The number of carbonyl (C=O) groups is 2. The lowest BCUT2D eigenvalue weighted by Crippen LogP contribution is -2.39. The highest BCUT2D eigenvalue weighted by atomic mass is 79.9. The molecule has 2 aliphatic heterocycles. The van der Waals surface area contributed by atoms with E-state index in [9.17, 15) is 9.59 Å². The summed E-state index contributed by atoms with van der Waals surface area (Å²) in [4.78, 5) is 31.9. The fourth-order valence-electron chi connectivity index (χ4n) is 4.52. The van der Waals surface area contributed by atoms with Crippen LogP contribution in [0.25, 0.3) is 11.4 Å². The highest BCUT2D eigenvalue weighted by Gasteiger charge is 2.55. The van der Waals surface area contributed by atoms with Gasteiger partial charge in [-0.2, -0.15) is 10.1 Å². The molecule has 32 heavy (non-hydrogen) atoms. The van der Waals surface area contributed by atoms with E-state index in [0.717, 1.165) is 29.3 Å². The molecule has 0 spiro atoms. The lowest BCUT2D eigenvalue weighted by molar-refractivity contribution is -0.123. The molecule has 1 fully saturated rings. The summed E-state index contributed by atoms with van der Waals surface area (Å²) >= 11 is 3.48. The van der Waals surface area contributed by atoms with Gasteiger partial charge in [0.05, 0.1) is 5.69 Å². The van der Waals surface area contributed by atoms with Crippen LogP contribution in [0.2, 0.25) is 0 Å². The maximum atomic E-state index is 13.2. The quantitative estimate of drug-likeness (QED) is 0.516. The number of aromatic nitrogens is 2. The SMILES string of the molecule is O=C1C2N=NN(Cc3nc(-c4ccccc4Br)no3)C2C(=O)N1c1ccc2c(c1)CCC2. The van der Waals surface area contributed by atoms with Gasteiger partial charge in [0.2, 0.25) is 11.7 Å². The molecule has 3 heterocycles. The Morgan fingerprint density at radius 1 is 1.06 bits per heavy atom. The first-order valence-electron chi connectivity index (χ1n) is 10.3. The van der Waals surface area contributed by atoms with Crippen LogP contribution >= 0.6 is 15.9 Å². The van der Waals surface area contributed by atoms with E-state index in [-0.39, 0.29) is 24.2 Å². The molecule has 1 aliphatic carbocycles. The van der Waals surface area contributed by atoms with E-state index in [1.54, 1.807) is 0 Å². The molecule has 2 aromatic carbocycles. The third kappa shape index (κ3) is 2.97. The molecule has 1 saturated heterocycles. The van der Waals surface area contributed by atoms with Crippen LogP contribution in [0.4, 0.5) is 5.69 Å². The Balaban J connectivity index is 1.24. The number of hydrogen-bond acceptors (Lipinski definition) is 8. The van der Waals surface area contributed by atoms with Crippen LogP contribution < -0.4 is 4.90 Å². The fourth-order valence-corrected chi connectivity index (χ4v) is 4.98. The van der Waals surface area contributed by atoms with E-state index < -0.39 is 12.1 Å². The van der Waals surface area contributed by atoms with E-state index in [1.165, 1.54) is 21.0 Å². The summed E-state index contributed by atoms with van der Waals surface area (Å²) in [5.74, 6) is 0.0115. The minimum Gasteiger partial charge on any atom is -0.337 e. The molecule has 0 radical (unpaired) electrons. The van der Waals surface area contributed by atoms with E-state index in [2.05, 4.69) is 36.4 Å². The summed E-state index contributed by atoms with van der Waals surface area (Å²) in [5, 5.41) is 13.6. The van der Waals surface area contributed by atoms with Crippen LogP contribution in [-0.4, -0.2) is 39.0 Å². The number of rotatable bonds is 4. The van der Waals surface area contributed by atoms with Gasteiger partial charge in [0, 0.05) is 10.0 Å². The summed E-state index contributed by atoms with van der Waals surface area (Å²) in [5.41, 5.74) is 3.87. The first kappa shape index (κ1) is 19.3. The van der Waals surface area contributed by atoms with E-state index in [4.69, 9.17) is 4.52 Å². The van der Waals surface area contributed by atoms with Gasteiger partial charge >= 0.3 is 0 Å². The number of aryl methyl sites for hydroxylation is 2. The lowest BCUT2D eigenvalue weighted by atomic mass is 10.1. The topological polar surface area (TPSA) is 104 Å². The Hall–Kier alpha value is -3.40. The van der Waals surface area contributed by atoms with Crippen LogP contribution in [0.3, 0.4) is 0 Å². The van der Waals surface area contributed by atoms with Crippen molar-refractivity contribution in [3.8, 4) is 11.4 Å². The second kappa shape index (κ2) is 7.33. The predicted molar refractivity (Wildman–Crippen MR) is 116 cm³/mol. The third-order valence-electron chi connectivity index (χ3n) is 6.08. The number of benzene rings is 2. The average molecular weight is 493 g/mol. The van der Waals surface area contributed by atoms with Crippen LogP contribution in [0.1, 0.15) is 23.4 Å². The van der Waals surface area contributed by atoms with Crippen molar-refractivity contribution in [2.45, 2.75) is 37.9 Å². The molecule has 6 rings (SSSR count). The highest BCUT2D eigenvalue weighted by Crippen LogP contribution is 2.35. The van der Waals surface area contributed by atoms with Gasteiger partial charge in [0.25, 0.3) is 11.8 Å². The van der Waals surface area contributed by atoms with Crippen molar-refractivity contribution in [2.75, 3.05) is 4.90 Å². The highest BCUT2D eigenvalue weighted by molar-refractivity contribution is 9.10. The van der Waals surface area contributed by atoms with Gasteiger partial charge in [-0.3, -0.25) is 14.6 Å². The summed E-state index contributed by atoms with van der Waals surface area (Å²) in [6, 6.07) is 11.7. The van der Waals surface area contributed by atoms with Crippen LogP contribution in [0.15, 0.2) is 61.8 Å². The number of nitrogens with zero attached hydrogens (tertiary/aromatic N) is 6. The van der Waals surface area contributed by atoms with Gasteiger partial charge in [-0.15, -0.1) is 0 Å². The molecule has 3 aliphatic rings. The number of hydrogen-bond donors (Lipinski definition) is 0. The Kier molecular flexibility index (Phi) is 4.42. The van der Waals surface area contributed by atoms with Crippen LogP contribution in [0.5, 0.6) is 0 Å². The van der Waals surface area contributed by atoms with Crippen molar-refractivity contribution >= 4 is 33.4 Å². The smallest absolute Gasteiger partial charge is 0.263 e. The zero-order valence-corrected chi connectivity index (χ0v) is 18.4. The van der Waals surface area contributed by atoms with Crippen LogP contribution in [0, 0.1) is 0 Å². The minimum absolute atomic E-state index is 0.0825. The largest absolute Gasteiger partial charge is 0.337 e. The molecule has 0 saturated carbocycles. The zero-order valence-electron chi connectivity index (χ0n) is 16.8. The number of carbonyl (C=O) groups excluding carboxylic acids is 2. The molecule has 10 heteroatoms. The maximum absolute atomic E-state index is 13.2. The molecule has 1 aromatic heterocycles. The van der Waals surface area contributed by atoms with E-state index >= 15 is 0 Å². The predicted octanol–water partition coefficient (Wildman–Crippen LogP) is 3.48. The van der Waals surface area contributed by atoms with E-state index in [0.29, 0.717) is 11.5 Å². The third-order valence-corrected chi connectivity index (χ3v) is 6.77. The molecular weight excluding hydrogens is 476 g/mol. The first-order chi connectivity index (χ1) is 15.6. The molecule has 160 valence electrons. The van der Waals surface area contributed by atoms with Crippen molar-refractivity contribution in [1.82, 2.24) is 15.1 Å². The second-order valence-corrected chi connectivity index (χ2v) is 8.86. The minimum atomic E-state index is -0.860. The van der Waals surface area contributed by atoms with Gasteiger partial charge in [-0.25, -0.2) is 4.90 Å². The molecular formula is C22H17BrN6O3. The number of amides is 2. The van der Waals surface area contributed by atoms with Crippen LogP contribution in [-0.2, 0) is 29.0 Å². The Morgan fingerprint density at radius 3 is 2.78 bits per heavy atom. The van der Waals surface area contributed by atoms with Crippen molar-refractivity contribution < 1.29 is 14.1 Å².